The summed E-state index contributed by atoms with van der Waals surface area (Å²) in [5, 5.41) is 26.1. The summed E-state index contributed by atoms with van der Waals surface area (Å²) in [6.45, 7) is -0.109. The maximum absolute atomic E-state index is 15.2. The number of aromatic nitrogens is 2. The Labute approximate surface area is 322 Å². The normalized spacial score (nSPS) is 23.8. The van der Waals surface area contributed by atoms with Gasteiger partial charge in [-0.3, -0.25) is 19.3 Å². The lowest BCUT2D eigenvalue weighted by Crippen LogP contribution is -2.54. The summed E-state index contributed by atoms with van der Waals surface area (Å²) in [6.07, 6.45) is -0.556. The van der Waals surface area contributed by atoms with Gasteiger partial charge >= 0.3 is 5.97 Å². The number of cyclic esters (lactones) is 1. The van der Waals surface area contributed by atoms with E-state index in [2.05, 4.69) is 32.4 Å². The molecule has 5 N–H and O–H groups in total. The number of amides is 2. The standard InChI is InChI=1S/C45H37N5O6/c51-24-10-9-11-27-18-23-33-32(25-27)45(44(55)49-33)37(42(53)46-26-36-47-34-16-7-8-17-35(34)48-36)39-43(54)56-40(29-14-5-2-6-15-29)38(28-12-3-1-4-13-28)50(39)41(45)30-19-21-31(52)22-20-30/h1-8,12-23,25,37-41,51-52H,10,24,26H2,(H,46,53)(H,47,48)(H,49,55). The van der Waals surface area contributed by atoms with E-state index in [4.69, 9.17) is 4.74 Å². The molecule has 11 heteroatoms. The molecule has 0 bridgehead atoms. The zero-order chi connectivity index (χ0) is 38.4. The number of benzene rings is 5. The van der Waals surface area contributed by atoms with Crippen LogP contribution in [0.4, 0.5) is 5.69 Å². The van der Waals surface area contributed by atoms with Gasteiger partial charge in [0.15, 0.2) is 0 Å². The van der Waals surface area contributed by atoms with Gasteiger partial charge in [0.1, 0.15) is 29.1 Å². The van der Waals surface area contributed by atoms with Crippen molar-refractivity contribution in [2.24, 2.45) is 5.92 Å². The molecule has 3 aliphatic heterocycles. The van der Waals surface area contributed by atoms with E-state index in [0.717, 1.165) is 22.2 Å². The van der Waals surface area contributed by atoms with E-state index in [0.29, 0.717) is 28.2 Å². The van der Waals surface area contributed by atoms with Gasteiger partial charge in [-0.2, -0.15) is 0 Å². The Morgan fingerprint density at radius 1 is 0.857 bits per heavy atom. The number of hydrogen-bond donors (Lipinski definition) is 5. The lowest BCUT2D eigenvalue weighted by Gasteiger charge is -2.46. The van der Waals surface area contributed by atoms with Crippen LogP contribution in [-0.4, -0.2) is 55.5 Å². The number of aromatic hydroxyl groups is 1. The van der Waals surface area contributed by atoms with Gasteiger partial charge in [0.25, 0.3) is 0 Å². The van der Waals surface area contributed by atoms with Crippen molar-refractivity contribution in [2.45, 2.75) is 42.6 Å². The summed E-state index contributed by atoms with van der Waals surface area (Å²) in [6, 6.07) is 35.8. The zero-order valence-corrected chi connectivity index (χ0v) is 30.1. The minimum Gasteiger partial charge on any atom is -0.508 e. The van der Waals surface area contributed by atoms with Gasteiger partial charge in [-0.15, -0.1) is 0 Å². The largest absolute Gasteiger partial charge is 0.508 e. The number of aliphatic hydroxyl groups excluding tert-OH is 1. The molecular formula is C45H37N5O6. The number of hydrogen-bond acceptors (Lipinski definition) is 8. The number of phenols is 1. The Kier molecular flexibility index (Phi) is 8.85. The van der Waals surface area contributed by atoms with E-state index >= 15 is 9.59 Å². The molecule has 11 nitrogen and oxygen atoms in total. The predicted octanol–water partition coefficient (Wildman–Crippen LogP) is 5.59. The highest BCUT2D eigenvalue weighted by molar-refractivity contribution is 6.12. The molecule has 6 aromatic rings. The number of nitrogens with zero attached hydrogens (tertiary/aromatic N) is 2. The van der Waals surface area contributed by atoms with E-state index in [-0.39, 0.29) is 25.3 Å². The van der Waals surface area contributed by atoms with Crippen LogP contribution >= 0.6 is 0 Å². The van der Waals surface area contributed by atoms with Crippen LogP contribution in [0.3, 0.4) is 0 Å². The number of imidazole rings is 1. The fourth-order valence-electron chi connectivity index (χ4n) is 8.92. The second-order valence-electron chi connectivity index (χ2n) is 14.3. The summed E-state index contributed by atoms with van der Waals surface area (Å²) >= 11 is 0. The fourth-order valence-corrected chi connectivity index (χ4v) is 8.92. The number of morpholine rings is 1. The summed E-state index contributed by atoms with van der Waals surface area (Å²) in [7, 11) is 0. The number of carbonyl (C=O) groups excluding carboxylic acids is 3. The number of carbonyl (C=O) groups is 3. The maximum Gasteiger partial charge on any atom is 0.324 e. The number of aromatic amines is 1. The fraction of sp³-hybridized carbons (Fsp3) is 0.200. The molecule has 5 aromatic carbocycles. The summed E-state index contributed by atoms with van der Waals surface area (Å²) in [5.74, 6) is 3.64. The van der Waals surface area contributed by atoms with Crippen LogP contribution in [0, 0.1) is 17.8 Å². The van der Waals surface area contributed by atoms with Crippen LogP contribution in [0.2, 0.25) is 0 Å². The smallest absolute Gasteiger partial charge is 0.324 e. The molecule has 4 heterocycles. The van der Waals surface area contributed by atoms with Crippen LogP contribution in [0.1, 0.15) is 58.3 Å². The number of rotatable bonds is 7. The summed E-state index contributed by atoms with van der Waals surface area (Å²) in [4.78, 5) is 55.2. The van der Waals surface area contributed by atoms with Crippen LogP contribution in [0.25, 0.3) is 11.0 Å². The molecule has 9 rings (SSSR count). The third-order valence-electron chi connectivity index (χ3n) is 11.1. The quantitative estimate of drug-likeness (QED) is 0.105. The predicted molar refractivity (Wildman–Crippen MR) is 208 cm³/mol. The molecule has 1 aromatic heterocycles. The van der Waals surface area contributed by atoms with Crippen molar-refractivity contribution >= 4 is 34.5 Å². The van der Waals surface area contributed by atoms with Crippen molar-refractivity contribution in [3.63, 3.8) is 0 Å². The minimum atomic E-state index is -1.71. The van der Waals surface area contributed by atoms with Crippen LogP contribution in [0.5, 0.6) is 5.75 Å². The van der Waals surface area contributed by atoms with Gasteiger partial charge in [-0.05, 0) is 64.7 Å². The summed E-state index contributed by atoms with van der Waals surface area (Å²) < 4.78 is 6.46. The number of fused-ring (bicyclic) bond motifs is 4. The Balaban J connectivity index is 1.29. The minimum absolute atomic E-state index is 0.00163. The number of phenolic OH excluding ortho intramolecular Hbond substituents is 1. The number of H-pyrrole nitrogens is 1. The van der Waals surface area contributed by atoms with Gasteiger partial charge in [-0.1, -0.05) is 96.8 Å². The van der Waals surface area contributed by atoms with Gasteiger partial charge in [0.2, 0.25) is 11.8 Å². The lowest BCUT2D eigenvalue weighted by molar-refractivity contribution is -0.178. The lowest BCUT2D eigenvalue weighted by atomic mass is 9.65. The first-order valence-electron chi connectivity index (χ1n) is 18.5. The third kappa shape index (κ3) is 5.70. The van der Waals surface area contributed by atoms with Crippen LogP contribution < -0.4 is 10.6 Å². The highest BCUT2D eigenvalue weighted by Crippen LogP contribution is 2.64. The van der Waals surface area contributed by atoms with Crippen molar-refractivity contribution in [3.05, 3.63) is 161 Å². The average Bonchev–Trinajstić information content (AvgIpc) is 3.88. The molecule has 278 valence electrons. The molecule has 6 unspecified atom stereocenters. The van der Waals surface area contributed by atoms with E-state index in [1.54, 1.807) is 42.5 Å². The van der Waals surface area contributed by atoms with Crippen molar-refractivity contribution in [2.75, 3.05) is 11.9 Å². The van der Waals surface area contributed by atoms with E-state index < -0.39 is 53.3 Å². The number of para-hydroxylation sites is 2. The molecule has 1 spiro atoms. The molecule has 0 saturated carbocycles. The van der Waals surface area contributed by atoms with Crippen molar-refractivity contribution < 1.29 is 29.3 Å². The molecule has 2 saturated heterocycles. The van der Waals surface area contributed by atoms with Crippen LogP contribution in [0.15, 0.2) is 127 Å². The number of ether oxygens (including phenoxy) is 1. The SMILES string of the molecule is O=C1OC(c2ccccc2)C(c2ccccc2)N2C1C(C(=O)NCc1nc3ccccc3[nH]1)C1(C(=O)Nc3ccc(C#CCCO)cc31)C2c1ccc(O)cc1. The topological polar surface area (TPSA) is 157 Å². The molecule has 6 atom stereocenters. The van der Waals surface area contributed by atoms with Gasteiger partial charge < -0.3 is 30.6 Å². The van der Waals surface area contributed by atoms with E-state index in [9.17, 15) is 15.0 Å². The van der Waals surface area contributed by atoms with Gasteiger partial charge in [-0.25, -0.2) is 4.98 Å². The number of aliphatic hydroxyl groups is 1. The summed E-state index contributed by atoms with van der Waals surface area (Å²) in [5.41, 5.74) is 3.60. The molecule has 0 radical (unpaired) electrons. The molecule has 3 aliphatic rings. The van der Waals surface area contributed by atoms with Crippen molar-refractivity contribution in [1.29, 1.82) is 0 Å². The Morgan fingerprint density at radius 2 is 1.57 bits per heavy atom. The average molecular weight is 744 g/mol. The van der Waals surface area contributed by atoms with Crippen LogP contribution in [-0.2, 0) is 31.1 Å². The molecule has 2 amide bonds. The highest BCUT2D eigenvalue weighted by Gasteiger charge is 2.74. The Morgan fingerprint density at radius 3 is 2.30 bits per heavy atom. The highest BCUT2D eigenvalue weighted by atomic mass is 16.6. The molecule has 0 aliphatic carbocycles. The second-order valence-corrected chi connectivity index (χ2v) is 14.3. The van der Waals surface area contributed by atoms with E-state index in [1.807, 2.05) is 89.8 Å². The van der Waals surface area contributed by atoms with Crippen molar-refractivity contribution in [3.8, 4) is 17.6 Å². The second kappa shape index (κ2) is 14.2. The first-order valence-corrected chi connectivity index (χ1v) is 18.5. The Bertz CT molecular complexity index is 2500. The van der Waals surface area contributed by atoms with Gasteiger partial charge in [0.05, 0.1) is 42.2 Å². The third-order valence-corrected chi connectivity index (χ3v) is 11.1. The first kappa shape index (κ1) is 35.0. The number of nitrogens with one attached hydrogen (secondary N) is 3. The zero-order valence-electron chi connectivity index (χ0n) is 30.1. The first-order chi connectivity index (χ1) is 27.4. The molecule has 56 heavy (non-hydrogen) atoms. The molecular weight excluding hydrogens is 707 g/mol. The maximum atomic E-state index is 15.2. The number of esters is 1. The molecule has 2 fully saturated rings. The van der Waals surface area contributed by atoms with Gasteiger partial charge in [0, 0.05) is 17.7 Å². The monoisotopic (exact) mass is 743 g/mol. The number of anilines is 1. The van der Waals surface area contributed by atoms with Crippen molar-refractivity contribution in [1.82, 2.24) is 20.2 Å². The Hall–Kier alpha value is -6.74. The van der Waals surface area contributed by atoms with E-state index in [1.165, 1.54) is 0 Å².